The van der Waals surface area contributed by atoms with Crippen molar-refractivity contribution in [3.8, 4) is 0 Å². The highest BCUT2D eigenvalue weighted by Crippen LogP contribution is 2.31. The predicted octanol–water partition coefficient (Wildman–Crippen LogP) is 4.70. The van der Waals surface area contributed by atoms with Gasteiger partial charge in [0.2, 0.25) is 0 Å². The maximum Gasteiger partial charge on any atom is 0.417 e. The summed E-state index contributed by atoms with van der Waals surface area (Å²) in [6.45, 7) is -0.659. The average Bonchev–Trinajstić information content (AvgIpc) is 2.78. The highest BCUT2D eigenvalue weighted by molar-refractivity contribution is 7.92. The van der Waals surface area contributed by atoms with Gasteiger partial charge in [-0.05, 0) is 42.5 Å². The molecule has 0 aliphatic heterocycles. The van der Waals surface area contributed by atoms with Gasteiger partial charge in [0.1, 0.15) is 6.54 Å². The minimum absolute atomic E-state index is 0.0915. The molecule has 0 aliphatic carbocycles. The molecule has 172 valence electrons. The van der Waals surface area contributed by atoms with Gasteiger partial charge in [0, 0.05) is 10.6 Å². The second-order valence-electron chi connectivity index (χ2n) is 6.68. The number of hydrogen-bond acceptors (Lipinski definition) is 4. The number of rotatable bonds is 7. The van der Waals surface area contributed by atoms with Gasteiger partial charge in [-0.1, -0.05) is 48.0 Å². The van der Waals surface area contributed by atoms with Crippen molar-refractivity contribution in [1.29, 1.82) is 0 Å². The number of hydrazone groups is 1. The minimum atomic E-state index is -4.59. The number of anilines is 1. The maximum atomic E-state index is 13.2. The number of amides is 1. The number of alkyl halides is 3. The molecule has 0 spiro atoms. The van der Waals surface area contributed by atoms with Gasteiger partial charge in [0.05, 0.1) is 22.4 Å². The Morgan fingerprint density at radius 2 is 1.58 bits per heavy atom. The van der Waals surface area contributed by atoms with Crippen LogP contribution in [0.15, 0.2) is 88.9 Å². The topological polar surface area (TPSA) is 78.8 Å². The maximum absolute atomic E-state index is 13.2. The van der Waals surface area contributed by atoms with Gasteiger partial charge in [0.25, 0.3) is 15.9 Å². The lowest BCUT2D eigenvalue weighted by atomic mass is 10.1. The zero-order valence-electron chi connectivity index (χ0n) is 16.8. The second kappa shape index (κ2) is 10.1. The zero-order valence-corrected chi connectivity index (χ0v) is 18.4. The van der Waals surface area contributed by atoms with Gasteiger partial charge in [-0.25, -0.2) is 13.8 Å². The summed E-state index contributed by atoms with van der Waals surface area (Å²) in [7, 11) is -4.16. The lowest BCUT2D eigenvalue weighted by molar-refractivity contribution is -0.137. The Bertz CT molecular complexity index is 1250. The third kappa shape index (κ3) is 6.11. The first-order valence-corrected chi connectivity index (χ1v) is 11.2. The van der Waals surface area contributed by atoms with Crippen LogP contribution in [0.2, 0.25) is 5.02 Å². The molecule has 0 aliphatic rings. The number of carbonyl (C=O) groups is 1. The summed E-state index contributed by atoms with van der Waals surface area (Å²) in [5.41, 5.74) is 1.13. The third-order valence-electron chi connectivity index (χ3n) is 4.39. The smallest absolute Gasteiger partial charge is 0.271 e. The van der Waals surface area contributed by atoms with Crippen molar-refractivity contribution in [2.75, 3.05) is 10.8 Å². The van der Waals surface area contributed by atoms with Crippen LogP contribution in [0.1, 0.15) is 11.1 Å². The van der Waals surface area contributed by atoms with Gasteiger partial charge in [-0.15, -0.1) is 0 Å². The Labute approximate surface area is 193 Å². The summed E-state index contributed by atoms with van der Waals surface area (Å²) in [5.74, 6) is -0.850. The number of sulfonamides is 1. The van der Waals surface area contributed by atoms with Gasteiger partial charge < -0.3 is 0 Å². The van der Waals surface area contributed by atoms with Gasteiger partial charge >= 0.3 is 6.18 Å². The summed E-state index contributed by atoms with van der Waals surface area (Å²) < 4.78 is 66.4. The fraction of sp³-hybridized carbons (Fsp3) is 0.0909. The molecule has 3 aromatic rings. The number of nitrogens with zero attached hydrogens (tertiary/aromatic N) is 2. The first-order chi connectivity index (χ1) is 15.6. The Morgan fingerprint density at radius 1 is 0.970 bits per heavy atom. The van der Waals surface area contributed by atoms with Crippen LogP contribution in [-0.2, 0) is 21.0 Å². The second-order valence-corrected chi connectivity index (χ2v) is 8.98. The van der Waals surface area contributed by atoms with Gasteiger partial charge in [-0.2, -0.15) is 18.3 Å². The van der Waals surface area contributed by atoms with Crippen molar-refractivity contribution in [2.45, 2.75) is 11.1 Å². The van der Waals surface area contributed by atoms with Crippen LogP contribution >= 0.6 is 11.6 Å². The van der Waals surface area contributed by atoms with Gasteiger partial charge in [-0.3, -0.25) is 9.10 Å². The average molecular weight is 496 g/mol. The molecule has 0 aromatic heterocycles. The highest BCUT2D eigenvalue weighted by Gasteiger charge is 2.32. The summed E-state index contributed by atoms with van der Waals surface area (Å²) in [4.78, 5) is 12.4. The van der Waals surface area contributed by atoms with E-state index in [9.17, 15) is 26.4 Å². The zero-order chi connectivity index (χ0) is 24.1. The van der Waals surface area contributed by atoms with Crippen LogP contribution in [0.5, 0.6) is 0 Å². The van der Waals surface area contributed by atoms with E-state index < -0.39 is 34.2 Å². The van der Waals surface area contributed by atoms with E-state index in [2.05, 4.69) is 10.5 Å². The monoisotopic (exact) mass is 495 g/mol. The van der Waals surface area contributed by atoms with E-state index in [1.54, 1.807) is 18.2 Å². The number of benzene rings is 3. The molecule has 3 rings (SSSR count). The number of nitrogens with one attached hydrogen (secondary N) is 1. The van der Waals surface area contributed by atoms with E-state index in [4.69, 9.17) is 11.6 Å². The summed E-state index contributed by atoms with van der Waals surface area (Å²) in [6.07, 6.45) is -3.75. The number of halogens is 4. The quantitative estimate of drug-likeness (QED) is 0.381. The van der Waals surface area contributed by atoms with Crippen LogP contribution in [0.3, 0.4) is 0 Å². The van der Waals surface area contributed by atoms with Crippen LogP contribution in [0, 0.1) is 0 Å². The predicted molar refractivity (Wildman–Crippen MR) is 120 cm³/mol. The standard InChI is InChI=1S/C22H17ClF3N3O3S/c23-17-10-12-19(13-11-17)33(31,32)29(18-7-2-1-3-8-18)15-21(30)28-27-14-16-6-4-5-9-20(16)22(24,25)26/h1-14H,15H2,(H,28,30)/b27-14-. The highest BCUT2D eigenvalue weighted by atomic mass is 35.5. The summed E-state index contributed by atoms with van der Waals surface area (Å²) in [6, 6.07) is 18.0. The summed E-state index contributed by atoms with van der Waals surface area (Å²) in [5, 5.41) is 3.90. The minimum Gasteiger partial charge on any atom is -0.271 e. The fourth-order valence-corrected chi connectivity index (χ4v) is 4.40. The largest absolute Gasteiger partial charge is 0.417 e. The molecular weight excluding hydrogens is 479 g/mol. The van der Waals surface area contributed by atoms with E-state index in [0.717, 1.165) is 16.6 Å². The molecular formula is C22H17ClF3N3O3S. The van der Waals surface area contributed by atoms with Crippen LogP contribution < -0.4 is 9.73 Å². The van der Waals surface area contributed by atoms with Crippen molar-refractivity contribution in [1.82, 2.24) is 5.43 Å². The van der Waals surface area contributed by atoms with Crippen LogP contribution in [0.4, 0.5) is 18.9 Å². The Morgan fingerprint density at radius 3 is 2.21 bits per heavy atom. The van der Waals surface area contributed by atoms with E-state index in [-0.39, 0.29) is 16.1 Å². The Kier molecular flexibility index (Phi) is 7.39. The van der Waals surface area contributed by atoms with Crippen molar-refractivity contribution in [3.05, 3.63) is 95.0 Å². The van der Waals surface area contributed by atoms with Gasteiger partial charge in [0.15, 0.2) is 0 Å². The molecule has 11 heteroatoms. The van der Waals surface area contributed by atoms with E-state index in [1.807, 2.05) is 0 Å². The molecule has 1 N–H and O–H groups in total. The van der Waals surface area contributed by atoms with Crippen molar-refractivity contribution in [2.24, 2.45) is 5.10 Å². The summed E-state index contributed by atoms with van der Waals surface area (Å²) >= 11 is 5.83. The Hall–Kier alpha value is -3.37. The Balaban J connectivity index is 1.82. The van der Waals surface area contributed by atoms with Crippen molar-refractivity contribution in [3.63, 3.8) is 0 Å². The fourth-order valence-electron chi connectivity index (χ4n) is 2.85. The van der Waals surface area contributed by atoms with Crippen molar-refractivity contribution >= 4 is 39.4 Å². The molecule has 1 amide bonds. The molecule has 0 bridgehead atoms. The van der Waals surface area contributed by atoms with Crippen LogP contribution in [0.25, 0.3) is 0 Å². The first kappa shape index (κ1) is 24.3. The molecule has 0 atom stereocenters. The number of para-hydroxylation sites is 1. The molecule has 0 saturated carbocycles. The molecule has 0 fully saturated rings. The lowest BCUT2D eigenvalue weighted by Crippen LogP contribution is -2.39. The normalized spacial score (nSPS) is 12.0. The van der Waals surface area contributed by atoms with Crippen molar-refractivity contribution < 1.29 is 26.4 Å². The number of hydrogen-bond donors (Lipinski definition) is 1. The molecule has 33 heavy (non-hydrogen) atoms. The van der Waals surface area contributed by atoms with E-state index in [0.29, 0.717) is 5.02 Å². The SMILES string of the molecule is O=C(CN(c1ccccc1)S(=O)(=O)c1ccc(Cl)cc1)N/N=C\c1ccccc1C(F)(F)F. The van der Waals surface area contributed by atoms with E-state index in [1.165, 1.54) is 54.6 Å². The molecule has 0 saturated heterocycles. The molecule has 6 nitrogen and oxygen atoms in total. The van der Waals surface area contributed by atoms with Crippen LogP contribution in [-0.4, -0.2) is 27.1 Å². The molecule has 3 aromatic carbocycles. The van der Waals surface area contributed by atoms with E-state index >= 15 is 0 Å². The molecule has 0 heterocycles. The lowest BCUT2D eigenvalue weighted by Gasteiger charge is -2.23. The molecule has 0 radical (unpaired) electrons. The number of carbonyl (C=O) groups excluding carboxylic acids is 1. The molecule has 0 unspecified atom stereocenters. The first-order valence-electron chi connectivity index (χ1n) is 9.40. The third-order valence-corrected chi connectivity index (χ3v) is 6.43.